The molecule has 0 aromatic heterocycles. The third-order valence-electron chi connectivity index (χ3n) is 0.962. The molecular weight excluding hydrogens is 152 g/mol. The van der Waals surface area contributed by atoms with E-state index in [1.54, 1.807) is 0 Å². The van der Waals surface area contributed by atoms with Gasteiger partial charge < -0.3 is 4.74 Å². The van der Waals surface area contributed by atoms with Crippen molar-refractivity contribution in [3.63, 3.8) is 0 Å². The van der Waals surface area contributed by atoms with Gasteiger partial charge in [-0.3, -0.25) is 0 Å². The molecule has 0 atom stereocenters. The maximum Gasteiger partial charge on any atom is 0.144 e. The fourth-order valence-electron chi connectivity index (χ4n) is 0.409. The molecule has 0 saturated carbocycles. The Kier molecular flexibility index (Phi) is 5.84. The van der Waals surface area contributed by atoms with Crippen molar-refractivity contribution in [2.75, 3.05) is 6.61 Å². The van der Waals surface area contributed by atoms with Gasteiger partial charge in [-0.25, -0.2) is 0 Å². The summed E-state index contributed by atoms with van der Waals surface area (Å²) in [4.78, 5) is 0. The first kappa shape index (κ1) is 9.66. The minimum Gasteiger partial charge on any atom is -0.358 e. The first-order chi connectivity index (χ1) is 4.13. The van der Waals surface area contributed by atoms with E-state index < -0.39 is 0 Å². The zero-order chi connectivity index (χ0) is 7.28. The maximum absolute atomic E-state index is 5.08. The fraction of sp³-hybridized carbons (Fsp3) is 1.00. The van der Waals surface area contributed by atoms with Crippen LogP contribution in [0, 0.1) is 5.92 Å². The first-order valence-electron chi connectivity index (χ1n) is 3.10. The second kappa shape index (κ2) is 5.45. The minimum absolute atomic E-state index is 0.219. The van der Waals surface area contributed by atoms with Gasteiger partial charge in [0.15, 0.2) is 0 Å². The summed E-state index contributed by atoms with van der Waals surface area (Å²) in [7, 11) is 0. The van der Waals surface area contributed by atoms with Gasteiger partial charge in [-0.05, 0) is 12.3 Å². The molecule has 0 aromatic carbocycles. The van der Waals surface area contributed by atoms with Crippen molar-refractivity contribution >= 4 is 25.3 Å². The molecule has 56 valence electrons. The lowest BCUT2D eigenvalue weighted by atomic mass is 10.1. The zero-order valence-corrected chi connectivity index (χ0v) is 7.66. The fourth-order valence-corrected chi connectivity index (χ4v) is 0.620. The highest BCUT2D eigenvalue weighted by molar-refractivity contribution is 7.98. The van der Waals surface area contributed by atoms with E-state index in [1.807, 2.05) is 0 Å². The van der Waals surface area contributed by atoms with Gasteiger partial charge in [-0.2, -0.15) is 0 Å². The quantitative estimate of drug-likeness (QED) is 0.481. The summed E-state index contributed by atoms with van der Waals surface area (Å²) < 4.78 is 4.86. The van der Waals surface area contributed by atoms with E-state index >= 15 is 0 Å². The van der Waals surface area contributed by atoms with Crippen molar-refractivity contribution in [2.45, 2.75) is 25.0 Å². The van der Waals surface area contributed by atoms with Crippen LogP contribution in [0.25, 0.3) is 0 Å². The summed E-state index contributed by atoms with van der Waals surface area (Å²) in [5, 5.41) is 0. The summed E-state index contributed by atoms with van der Waals surface area (Å²) >= 11 is 7.88. The molecule has 0 aliphatic heterocycles. The van der Waals surface area contributed by atoms with E-state index in [0.29, 0.717) is 5.92 Å². The van der Waals surface area contributed by atoms with E-state index in [-0.39, 0.29) is 4.77 Å². The average Bonchev–Trinajstić information content (AvgIpc) is 1.63. The van der Waals surface area contributed by atoms with Gasteiger partial charge in [-0.15, -0.1) is 25.3 Å². The van der Waals surface area contributed by atoms with Crippen LogP contribution < -0.4 is 0 Å². The molecule has 3 heteroatoms. The van der Waals surface area contributed by atoms with Crippen molar-refractivity contribution in [1.29, 1.82) is 0 Å². The summed E-state index contributed by atoms with van der Waals surface area (Å²) in [6, 6.07) is 0. The number of ether oxygens (including phenoxy) is 1. The van der Waals surface area contributed by atoms with Crippen LogP contribution in [0.5, 0.6) is 0 Å². The highest BCUT2D eigenvalue weighted by atomic mass is 32.2. The summed E-state index contributed by atoms with van der Waals surface area (Å²) in [5.74, 6) is 0.699. The van der Waals surface area contributed by atoms with Crippen molar-refractivity contribution in [3.8, 4) is 0 Å². The monoisotopic (exact) mass is 166 g/mol. The third-order valence-corrected chi connectivity index (χ3v) is 1.26. The van der Waals surface area contributed by atoms with Crippen LogP contribution >= 0.6 is 25.3 Å². The Morgan fingerprint density at radius 2 is 1.89 bits per heavy atom. The highest BCUT2D eigenvalue weighted by Crippen LogP contribution is 2.05. The molecule has 0 N–H and O–H groups in total. The van der Waals surface area contributed by atoms with Gasteiger partial charge in [0.1, 0.15) is 4.77 Å². The van der Waals surface area contributed by atoms with Crippen LogP contribution in [0.2, 0.25) is 0 Å². The number of thiol groups is 2. The molecule has 0 fully saturated rings. The largest absolute Gasteiger partial charge is 0.358 e. The zero-order valence-electron chi connectivity index (χ0n) is 5.87. The Hall–Kier alpha value is 0.660. The molecule has 9 heavy (non-hydrogen) atoms. The number of hydrogen-bond acceptors (Lipinski definition) is 3. The molecule has 0 saturated heterocycles. The van der Waals surface area contributed by atoms with Crippen LogP contribution in [-0.4, -0.2) is 11.4 Å². The number of hydrogen-bond donors (Lipinski definition) is 2. The molecule has 0 bridgehead atoms. The van der Waals surface area contributed by atoms with Gasteiger partial charge in [-0.1, -0.05) is 13.8 Å². The maximum atomic E-state index is 5.08. The molecule has 0 rings (SSSR count). The topological polar surface area (TPSA) is 9.23 Å². The van der Waals surface area contributed by atoms with E-state index in [1.165, 1.54) is 0 Å². The lowest BCUT2D eigenvalue weighted by Crippen LogP contribution is -2.01. The van der Waals surface area contributed by atoms with Crippen molar-refractivity contribution in [1.82, 2.24) is 0 Å². The van der Waals surface area contributed by atoms with E-state index in [0.717, 1.165) is 13.0 Å². The molecular formula is C6H14OS2. The minimum atomic E-state index is -0.219. The van der Waals surface area contributed by atoms with E-state index in [2.05, 4.69) is 39.1 Å². The first-order valence-corrected chi connectivity index (χ1v) is 4.14. The molecule has 0 aromatic rings. The van der Waals surface area contributed by atoms with Crippen molar-refractivity contribution < 1.29 is 4.74 Å². The summed E-state index contributed by atoms with van der Waals surface area (Å²) in [5.41, 5.74) is 0. The molecule has 0 unspecified atom stereocenters. The second-order valence-electron chi connectivity index (χ2n) is 2.38. The molecule has 0 radical (unpaired) electrons. The van der Waals surface area contributed by atoms with Crippen LogP contribution in [0.4, 0.5) is 0 Å². The Morgan fingerprint density at radius 1 is 1.33 bits per heavy atom. The predicted molar refractivity (Wildman–Crippen MR) is 47.2 cm³/mol. The van der Waals surface area contributed by atoms with Gasteiger partial charge in [0.2, 0.25) is 0 Å². The third kappa shape index (κ3) is 8.66. The Balaban J connectivity index is 2.91. The van der Waals surface area contributed by atoms with Crippen LogP contribution in [-0.2, 0) is 4.74 Å². The van der Waals surface area contributed by atoms with Crippen molar-refractivity contribution in [3.05, 3.63) is 0 Å². The number of rotatable bonds is 4. The predicted octanol–water partition coefficient (Wildman–Crippen LogP) is 2.19. The van der Waals surface area contributed by atoms with E-state index in [9.17, 15) is 0 Å². The normalized spacial score (nSPS) is 11.3. The van der Waals surface area contributed by atoms with Gasteiger partial charge in [0, 0.05) is 6.61 Å². The molecule has 0 spiro atoms. The Bertz CT molecular complexity index is 56.1. The Morgan fingerprint density at radius 3 is 2.22 bits per heavy atom. The molecule has 1 nitrogen and oxygen atoms in total. The Labute approximate surface area is 68.0 Å². The SMILES string of the molecule is CC(C)CCOC(S)S. The molecule has 0 heterocycles. The molecule has 0 aliphatic rings. The lowest BCUT2D eigenvalue weighted by molar-refractivity contribution is 0.152. The lowest BCUT2D eigenvalue weighted by Gasteiger charge is -2.06. The van der Waals surface area contributed by atoms with Crippen LogP contribution in [0.15, 0.2) is 0 Å². The van der Waals surface area contributed by atoms with Gasteiger partial charge in [0.05, 0.1) is 0 Å². The van der Waals surface area contributed by atoms with Crippen LogP contribution in [0.1, 0.15) is 20.3 Å². The van der Waals surface area contributed by atoms with Gasteiger partial charge >= 0.3 is 0 Å². The second-order valence-corrected chi connectivity index (χ2v) is 3.72. The van der Waals surface area contributed by atoms with E-state index in [4.69, 9.17) is 4.74 Å². The molecule has 0 aliphatic carbocycles. The average molecular weight is 166 g/mol. The summed E-state index contributed by atoms with van der Waals surface area (Å²) in [6.07, 6.45) is 1.08. The van der Waals surface area contributed by atoms with Gasteiger partial charge in [0.25, 0.3) is 0 Å². The smallest absolute Gasteiger partial charge is 0.144 e. The van der Waals surface area contributed by atoms with Crippen LogP contribution in [0.3, 0.4) is 0 Å². The molecule has 0 amide bonds. The standard InChI is InChI=1S/C6H14OS2/c1-5(2)3-4-7-6(8)9/h5-6,8-9H,3-4H2,1-2H3. The van der Waals surface area contributed by atoms with Crippen molar-refractivity contribution in [2.24, 2.45) is 5.92 Å². The summed E-state index contributed by atoms with van der Waals surface area (Å²) in [6.45, 7) is 5.08. The highest BCUT2D eigenvalue weighted by Gasteiger charge is 1.96.